The van der Waals surface area contributed by atoms with Crippen molar-refractivity contribution in [3.05, 3.63) is 29.3 Å². The lowest BCUT2D eigenvalue weighted by Gasteiger charge is -2.56. The molecule has 0 aromatic heterocycles. The molecule has 4 heteroatoms. The monoisotopic (exact) mass is 398 g/mol. The molecule has 1 N–H and O–H groups in total. The first-order chi connectivity index (χ1) is 13.7. The zero-order valence-electron chi connectivity index (χ0n) is 18.9. The van der Waals surface area contributed by atoms with Crippen LogP contribution in [0, 0.1) is 17.3 Å². The van der Waals surface area contributed by atoms with Crippen LogP contribution in [0.5, 0.6) is 5.75 Å². The van der Waals surface area contributed by atoms with Crippen LogP contribution in [-0.4, -0.2) is 43.6 Å². The summed E-state index contributed by atoms with van der Waals surface area (Å²) in [5.74, 6) is 2.61. The first kappa shape index (κ1) is 20.7. The van der Waals surface area contributed by atoms with E-state index in [1.54, 1.807) is 7.11 Å². The van der Waals surface area contributed by atoms with Crippen LogP contribution in [0.15, 0.2) is 18.2 Å². The molecule has 2 bridgehead atoms. The van der Waals surface area contributed by atoms with E-state index >= 15 is 0 Å². The van der Waals surface area contributed by atoms with Crippen molar-refractivity contribution >= 4 is 5.91 Å². The molecule has 1 heterocycles. The molecule has 4 rings (SSSR count). The lowest BCUT2D eigenvalue weighted by molar-refractivity contribution is -0.128. The maximum Gasteiger partial charge on any atom is 0.225 e. The second kappa shape index (κ2) is 7.61. The molecule has 29 heavy (non-hydrogen) atoms. The Morgan fingerprint density at radius 3 is 2.72 bits per heavy atom. The van der Waals surface area contributed by atoms with Crippen LogP contribution >= 0.6 is 0 Å². The smallest absolute Gasteiger partial charge is 0.225 e. The van der Waals surface area contributed by atoms with Crippen molar-refractivity contribution in [3.8, 4) is 5.75 Å². The van der Waals surface area contributed by atoms with Crippen LogP contribution in [-0.2, 0) is 16.6 Å². The number of nitrogens with zero attached hydrogens (tertiary/aromatic N) is 1. The Morgan fingerprint density at radius 1 is 1.31 bits per heavy atom. The van der Waals surface area contributed by atoms with Crippen molar-refractivity contribution in [1.29, 1.82) is 0 Å². The molecule has 1 aromatic carbocycles. The third-order valence-corrected chi connectivity index (χ3v) is 7.77. The van der Waals surface area contributed by atoms with Gasteiger partial charge in [0.1, 0.15) is 5.75 Å². The summed E-state index contributed by atoms with van der Waals surface area (Å²) in [6, 6.07) is 7.30. The topological polar surface area (TPSA) is 41.6 Å². The zero-order valence-corrected chi connectivity index (χ0v) is 18.9. The molecule has 3 unspecified atom stereocenters. The number of hydrogen-bond donors (Lipinski definition) is 1. The number of fused-ring (bicyclic) bond motifs is 4. The highest BCUT2D eigenvalue weighted by Gasteiger charge is 2.51. The van der Waals surface area contributed by atoms with Gasteiger partial charge in [-0.25, -0.2) is 0 Å². The van der Waals surface area contributed by atoms with Gasteiger partial charge < -0.3 is 10.1 Å². The number of likely N-dealkylation sites (tertiary alicyclic amines) is 1. The summed E-state index contributed by atoms with van der Waals surface area (Å²) in [4.78, 5) is 15.2. The number of carbonyl (C=O) groups is 1. The quantitative estimate of drug-likeness (QED) is 0.782. The minimum atomic E-state index is -0.340. The molecule has 0 radical (unpaired) electrons. The molecule has 160 valence electrons. The highest BCUT2D eigenvalue weighted by Crippen LogP contribution is 2.52. The number of amides is 1. The van der Waals surface area contributed by atoms with Gasteiger partial charge >= 0.3 is 0 Å². The Labute approximate surface area is 176 Å². The molecule has 3 atom stereocenters. The van der Waals surface area contributed by atoms with Gasteiger partial charge in [0.05, 0.1) is 7.11 Å². The molecule has 0 spiro atoms. The second-order valence-electron chi connectivity index (χ2n) is 10.7. The van der Waals surface area contributed by atoms with Crippen LogP contribution in [0.1, 0.15) is 64.5 Å². The SMILES string of the molecule is COc1ccc2c(c1)C1(CCNC(=O)C(C)(C)C)CCN(CC3CC3)C(C2)C1C. The normalized spacial score (nSPS) is 29.3. The Hall–Kier alpha value is -1.55. The maximum atomic E-state index is 12.4. The van der Waals surface area contributed by atoms with Crippen molar-refractivity contribution in [3.63, 3.8) is 0 Å². The second-order valence-corrected chi connectivity index (χ2v) is 10.7. The van der Waals surface area contributed by atoms with Crippen LogP contribution in [0.2, 0.25) is 0 Å². The van der Waals surface area contributed by atoms with E-state index in [4.69, 9.17) is 4.74 Å². The lowest BCUT2D eigenvalue weighted by atomic mass is 9.56. The highest BCUT2D eigenvalue weighted by molar-refractivity contribution is 5.81. The fourth-order valence-electron chi connectivity index (χ4n) is 5.67. The number of nitrogens with one attached hydrogen (secondary N) is 1. The molecule has 1 saturated carbocycles. The number of benzene rings is 1. The number of hydrogen-bond acceptors (Lipinski definition) is 3. The van der Waals surface area contributed by atoms with Gasteiger partial charge in [0.15, 0.2) is 0 Å². The van der Waals surface area contributed by atoms with E-state index in [9.17, 15) is 4.79 Å². The van der Waals surface area contributed by atoms with Gasteiger partial charge in [-0.2, -0.15) is 0 Å². The molecule has 1 saturated heterocycles. The van der Waals surface area contributed by atoms with E-state index in [2.05, 4.69) is 35.3 Å². The first-order valence-electron chi connectivity index (χ1n) is 11.4. The third-order valence-electron chi connectivity index (χ3n) is 7.77. The van der Waals surface area contributed by atoms with Crippen LogP contribution < -0.4 is 10.1 Å². The number of methoxy groups -OCH3 is 1. The first-order valence-corrected chi connectivity index (χ1v) is 11.4. The van der Waals surface area contributed by atoms with Crippen molar-refractivity contribution in [2.75, 3.05) is 26.7 Å². The van der Waals surface area contributed by atoms with Gasteiger partial charge in [-0.05, 0) is 73.7 Å². The third kappa shape index (κ3) is 3.93. The van der Waals surface area contributed by atoms with Gasteiger partial charge in [-0.15, -0.1) is 0 Å². The van der Waals surface area contributed by atoms with Crippen LogP contribution in [0.4, 0.5) is 0 Å². The zero-order chi connectivity index (χ0) is 20.8. The van der Waals surface area contributed by atoms with Gasteiger partial charge in [-0.3, -0.25) is 9.69 Å². The molecule has 3 aliphatic rings. The molecule has 2 fully saturated rings. The van der Waals surface area contributed by atoms with Crippen LogP contribution in [0.25, 0.3) is 0 Å². The molecule has 1 aromatic rings. The number of piperidine rings is 1. The molecule has 1 amide bonds. The van der Waals surface area contributed by atoms with Gasteiger partial charge in [-0.1, -0.05) is 33.8 Å². The number of carbonyl (C=O) groups excluding carboxylic acids is 1. The summed E-state index contributed by atoms with van der Waals surface area (Å²) in [5.41, 5.74) is 2.73. The molecular formula is C25H38N2O2. The lowest BCUT2D eigenvalue weighted by Crippen LogP contribution is -2.60. The summed E-state index contributed by atoms with van der Waals surface area (Å²) in [6.07, 6.45) is 6.14. The average molecular weight is 399 g/mol. The summed E-state index contributed by atoms with van der Waals surface area (Å²) in [6.45, 7) is 11.6. The largest absolute Gasteiger partial charge is 0.497 e. The summed E-state index contributed by atoms with van der Waals surface area (Å²) >= 11 is 0. The molecule has 4 nitrogen and oxygen atoms in total. The average Bonchev–Trinajstić information content (AvgIpc) is 3.49. The Morgan fingerprint density at radius 2 is 2.07 bits per heavy atom. The number of rotatable bonds is 6. The van der Waals surface area contributed by atoms with Crippen molar-refractivity contribution in [2.24, 2.45) is 17.3 Å². The van der Waals surface area contributed by atoms with E-state index in [1.165, 1.54) is 43.5 Å². The standard InChI is InChI=1S/C25H38N2O2/c1-17-22-14-19-8-9-20(29-5)15-21(19)25(17,10-12-26-23(28)24(2,3)4)11-13-27(22)16-18-6-7-18/h8-9,15,17-18,22H,6-7,10-14,16H2,1-5H3,(H,26,28). The van der Waals surface area contributed by atoms with E-state index in [-0.39, 0.29) is 16.7 Å². The summed E-state index contributed by atoms with van der Waals surface area (Å²) in [5, 5.41) is 3.22. The van der Waals surface area contributed by atoms with Gasteiger partial charge in [0.25, 0.3) is 0 Å². The molecule has 1 aliphatic heterocycles. The minimum Gasteiger partial charge on any atom is -0.497 e. The molecular weight excluding hydrogens is 360 g/mol. The van der Waals surface area contributed by atoms with Crippen molar-refractivity contribution in [2.45, 2.75) is 71.3 Å². The van der Waals surface area contributed by atoms with E-state index in [1.807, 2.05) is 20.8 Å². The summed E-state index contributed by atoms with van der Waals surface area (Å²) < 4.78 is 5.59. The van der Waals surface area contributed by atoms with Crippen molar-refractivity contribution in [1.82, 2.24) is 10.2 Å². The maximum absolute atomic E-state index is 12.4. The fraction of sp³-hybridized carbons (Fsp3) is 0.720. The van der Waals surface area contributed by atoms with Gasteiger partial charge in [0, 0.05) is 30.0 Å². The summed E-state index contributed by atoms with van der Waals surface area (Å²) in [7, 11) is 1.76. The Kier molecular flexibility index (Phi) is 5.43. The van der Waals surface area contributed by atoms with Gasteiger partial charge in [0.2, 0.25) is 5.91 Å². The highest BCUT2D eigenvalue weighted by atomic mass is 16.5. The van der Waals surface area contributed by atoms with E-state index in [0.717, 1.165) is 31.1 Å². The van der Waals surface area contributed by atoms with E-state index in [0.29, 0.717) is 12.0 Å². The Balaban J connectivity index is 1.61. The molecule has 2 aliphatic carbocycles. The van der Waals surface area contributed by atoms with Crippen molar-refractivity contribution < 1.29 is 9.53 Å². The predicted molar refractivity (Wildman–Crippen MR) is 117 cm³/mol. The number of ether oxygens (including phenoxy) is 1. The van der Waals surface area contributed by atoms with E-state index < -0.39 is 0 Å². The van der Waals surface area contributed by atoms with Crippen LogP contribution in [0.3, 0.4) is 0 Å². The minimum absolute atomic E-state index is 0.123. The fourth-order valence-corrected chi connectivity index (χ4v) is 5.67. The Bertz CT molecular complexity index is 765. The predicted octanol–water partition coefficient (Wildman–Crippen LogP) is 4.16.